The summed E-state index contributed by atoms with van der Waals surface area (Å²) in [6.45, 7) is 8.35. The van der Waals surface area contributed by atoms with Gasteiger partial charge in [-0.2, -0.15) is 0 Å². The summed E-state index contributed by atoms with van der Waals surface area (Å²) in [6, 6.07) is 19.9. The minimum absolute atomic E-state index is 0.0765. The Morgan fingerprint density at radius 2 is 1.21 bits per heavy atom. The van der Waals surface area contributed by atoms with E-state index in [0.717, 1.165) is 16.8 Å². The van der Waals surface area contributed by atoms with Crippen LogP contribution in [-0.2, 0) is 15.7 Å². The van der Waals surface area contributed by atoms with Gasteiger partial charge in [-0.3, -0.25) is 15.1 Å². The molecule has 0 aliphatic heterocycles. The Morgan fingerprint density at radius 1 is 0.731 bits per heavy atom. The molecule has 0 heterocycles. The topological polar surface area (TPSA) is 78.6 Å². The van der Waals surface area contributed by atoms with Gasteiger partial charge in [0.1, 0.15) is 0 Å². The van der Waals surface area contributed by atoms with E-state index >= 15 is 0 Å². The van der Waals surface area contributed by atoms with Gasteiger partial charge < -0.3 is 5.11 Å². The number of hydrogen-bond donors (Lipinski definition) is 0. The van der Waals surface area contributed by atoms with E-state index in [1.807, 2.05) is 36.4 Å². The van der Waals surface area contributed by atoms with Crippen molar-refractivity contribution in [2.24, 2.45) is 4.99 Å². The summed E-state index contributed by atoms with van der Waals surface area (Å²) in [4.78, 5) is 14.9. The predicted molar refractivity (Wildman–Crippen MR) is 219 cm³/mol. The van der Waals surface area contributed by atoms with E-state index in [0.29, 0.717) is 7.92 Å². The van der Waals surface area contributed by atoms with E-state index < -0.39 is 4.92 Å². The number of nitro groups is 1. The Kier molecular flexibility index (Phi) is 18.7. The van der Waals surface area contributed by atoms with E-state index in [2.05, 4.69) is 49.4 Å². The van der Waals surface area contributed by atoms with Gasteiger partial charge in [0.05, 0.1) is 10.6 Å². The molecule has 8 heteroatoms. The molecule has 3 saturated carbocycles. The molecule has 0 saturated heterocycles. The Bertz CT molecular complexity index is 1490. The third kappa shape index (κ3) is 13.2. The molecule has 0 amide bonds. The van der Waals surface area contributed by atoms with Crippen molar-refractivity contribution in [1.82, 2.24) is 0 Å². The first-order chi connectivity index (χ1) is 25.2. The fourth-order valence-electron chi connectivity index (χ4n) is 8.14. The minimum atomic E-state index is -0.515. The average Bonchev–Trinajstić information content (AvgIpc) is 3.17. The predicted octanol–water partition coefficient (Wildman–Crippen LogP) is 13.2. The molecule has 0 aromatic heterocycles. The van der Waals surface area contributed by atoms with Gasteiger partial charge in [-0.05, 0) is 84.0 Å². The number of para-hydroxylation sites is 1. The second kappa shape index (κ2) is 22.8. The van der Waals surface area contributed by atoms with E-state index in [4.69, 9.17) is 9.69 Å². The van der Waals surface area contributed by atoms with Crippen LogP contribution in [0.5, 0.6) is 5.75 Å². The Labute approximate surface area is 326 Å². The van der Waals surface area contributed by atoms with Crippen molar-refractivity contribution in [2.75, 3.05) is 0 Å². The van der Waals surface area contributed by atoms with Gasteiger partial charge in [-0.25, -0.2) is 0 Å². The zero-order chi connectivity index (χ0) is 37.3. The van der Waals surface area contributed by atoms with Crippen LogP contribution >= 0.6 is 17.6 Å². The van der Waals surface area contributed by atoms with Crippen LogP contribution in [0.25, 0.3) is 0 Å². The first-order valence-electron chi connectivity index (χ1n) is 19.7. The third-order valence-electron chi connectivity index (χ3n) is 10.8. The summed E-state index contributed by atoms with van der Waals surface area (Å²) in [7, 11) is 5.96. The van der Waals surface area contributed by atoms with Gasteiger partial charge in [0.15, 0.2) is 0 Å². The summed E-state index contributed by atoms with van der Waals surface area (Å²) >= 11 is -0.0765. The van der Waals surface area contributed by atoms with E-state index in [1.165, 1.54) is 66.2 Å². The number of rotatable bonds is 9. The van der Waals surface area contributed by atoms with Crippen LogP contribution in [0, 0.1) is 10.1 Å². The van der Waals surface area contributed by atoms with Crippen molar-refractivity contribution in [3.05, 3.63) is 99.1 Å². The van der Waals surface area contributed by atoms with Crippen molar-refractivity contribution in [1.29, 1.82) is 0 Å². The molecule has 0 atom stereocenters. The summed E-state index contributed by atoms with van der Waals surface area (Å²) in [5, 5.41) is 22.8. The van der Waals surface area contributed by atoms with Crippen LogP contribution in [0.4, 0.5) is 11.4 Å². The summed E-state index contributed by atoms with van der Waals surface area (Å²) in [6.07, 6.45) is 25.1. The number of nitro benzene ring substituents is 1. The van der Waals surface area contributed by atoms with E-state index in [-0.39, 0.29) is 44.5 Å². The van der Waals surface area contributed by atoms with Gasteiger partial charge in [0, 0.05) is 18.3 Å². The molecule has 0 N–H and O–H groups in total. The fraction of sp³-hybridized carbons (Fsp3) is 0.545. The maximum absolute atomic E-state index is 11.9. The van der Waals surface area contributed by atoms with E-state index in [9.17, 15) is 15.2 Å². The van der Waals surface area contributed by atoms with Crippen molar-refractivity contribution >= 4 is 39.8 Å². The molecule has 6 rings (SSSR count). The molecular formula is C44H60ClN2O3PRu. The Hall–Kier alpha value is -2.26. The van der Waals surface area contributed by atoms with Crippen molar-refractivity contribution in [2.45, 2.75) is 153 Å². The summed E-state index contributed by atoms with van der Waals surface area (Å²) in [5.74, 6) is 0.290. The Balaban J connectivity index is 0.000000191. The van der Waals surface area contributed by atoms with Crippen molar-refractivity contribution in [3.63, 3.8) is 0 Å². The number of halogens is 1. The molecule has 5 nitrogen and oxygen atoms in total. The van der Waals surface area contributed by atoms with Gasteiger partial charge >= 0.3 is 65.9 Å². The van der Waals surface area contributed by atoms with Crippen LogP contribution in [0.15, 0.2) is 71.7 Å². The quantitative estimate of drug-likeness (QED) is 0.0708. The molecular weight excluding hydrogens is 772 g/mol. The molecule has 3 aliphatic carbocycles. The van der Waals surface area contributed by atoms with Gasteiger partial charge in [-0.15, -0.1) is 0 Å². The van der Waals surface area contributed by atoms with Gasteiger partial charge in [-0.1, -0.05) is 123 Å². The standard InChI is InChI=1S/C19H22N2O3.C18H33P.C7H6.ClH.Ru/c1-12(2)16-6-5-7-17(13(3)4)19(16)20-11-14-10-15(21(23)24)8-9-18(14)22;1-4-10-16(11-5-1)19(17-12-6-2-7-13-17)18-14-8-3-9-15-18;1-7-5-3-2-4-6-7;;/h5-13,22H,1-4H3;16-18H,1-15H2;1-6H;1H;/q;;;;+2/p-2. The number of aliphatic imine (C=N–C) groups is 1. The monoisotopic (exact) mass is 832 g/mol. The van der Waals surface area contributed by atoms with Gasteiger partial charge in [0.2, 0.25) is 0 Å². The number of benzene rings is 3. The number of hydrogen-bond acceptors (Lipinski definition) is 4. The molecule has 3 aromatic rings. The zero-order valence-corrected chi connectivity index (χ0v) is 35.2. The number of non-ortho nitro benzene ring substituents is 1. The fourth-order valence-corrected chi connectivity index (χ4v) is 13.9. The van der Waals surface area contributed by atoms with Crippen LogP contribution in [0.1, 0.15) is 158 Å². The normalized spacial score (nSPS) is 17.8. The molecule has 0 spiro atoms. The molecule has 3 aliphatic rings. The van der Waals surface area contributed by atoms with Crippen LogP contribution in [0.2, 0.25) is 0 Å². The van der Waals surface area contributed by atoms with Crippen LogP contribution in [-0.4, -0.2) is 32.7 Å². The van der Waals surface area contributed by atoms with Crippen LogP contribution < -0.4 is 5.11 Å². The Morgan fingerprint density at radius 3 is 1.63 bits per heavy atom. The molecule has 3 aromatic carbocycles. The molecule has 284 valence electrons. The zero-order valence-electron chi connectivity index (χ0n) is 31.8. The maximum atomic E-state index is 11.9. The van der Waals surface area contributed by atoms with Gasteiger partial charge in [0.25, 0.3) is 5.69 Å². The van der Waals surface area contributed by atoms with Crippen molar-refractivity contribution in [3.8, 4) is 5.75 Å². The first kappa shape index (κ1) is 42.5. The molecule has 0 bridgehead atoms. The van der Waals surface area contributed by atoms with Crippen molar-refractivity contribution < 1.29 is 25.7 Å². The molecule has 52 heavy (non-hydrogen) atoms. The molecule has 3 fully saturated rings. The molecule has 0 radical (unpaired) electrons. The third-order valence-corrected chi connectivity index (χ3v) is 16.1. The van der Waals surface area contributed by atoms with E-state index in [1.54, 1.807) is 77.0 Å². The SMILES string of the molecule is C1CCC(P(C2CCCCC2)C2CCCCC2)CC1.CC(C)c1cccc(C(C)C)c1N=Cc1cc([N+](=O)[O-])ccc1[O-].[Cl]/[Ru+]=[CH]/c1ccccc1. The second-order valence-corrected chi connectivity index (χ2v) is 20.1. The summed E-state index contributed by atoms with van der Waals surface area (Å²) < 4.78 is 2.06. The second-order valence-electron chi connectivity index (χ2n) is 15.2. The first-order valence-corrected chi connectivity index (χ1v) is 24.5. The number of nitrogens with zero attached hydrogens (tertiary/aromatic N) is 2. The average molecular weight is 832 g/mol. The molecule has 0 unspecified atom stereocenters. The van der Waals surface area contributed by atoms with Crippen LogP contribution in [0.3, 0.4) is 0 Å². The summed E-state index contributed by atoms with van der Waals surface area (Å²) in [5.41, 5.74) is 7.93.